The molecule has 2 aromatic carbocycles. The second-order valence-electron chi connectivity index (χ2n) is 6.37. The Hall–Kier alpha value is -5.27. The largest absolute Gasteiger partial charge is 0.478 e. The minimum Gasteiger partial charge on any atom is -0.478 e. The number of nitrogens with zero attached hydrogens (tertiary/aromatic N) is 2. The van der Waals surface area contributed by atoms with Crippen molar-refractivity contribution < 1.29 is 34.4 Å². The first-order valence-corrected chi connectivity index (χ1v) is 8.75. The first kappa shape index (κ1) is 22.4. The summed E-state index contributed by atoms with van der Waals surface area (Å²) >= 11 is 0. The van der Waals surface area contributed by atoms with E-state index in [4.69, 9.17) is 10.5 Å². The lowest BCUT2D eigenvalue weighted by molar-refractivity contribution is -0.394. The van der Waals surface area contributed by atoms with Crippen molar-refractivity contribution in [3.63, 3.8) is 0 Å². The minimum absolute atomic E-state index is 0.224. The molecule has 0 bridgehead atoms. The zero-order valence-electron chi connectivity index (χ0n) is 16.2. The molecular weight excluding hydrogens is 444 g/mol. The third-order valence-corrected chi connectivity index (χ3v) is 4.40. The molecule has 0 unspecified atom stereocenters. The smallest absolute Gasteiger partial charge is 0.342 e. The minimum atomic E-state index is -1.76. The van der Waals surface area contributed by atoms with Gasteiger partial charge in [-0.25, -0.2) is 9.59 Å². The van der Waals surface area contributed by atoms with Gasteiger partial charge >= 0.3 is 17.6 Å². The molecule has 0 aliphatic heterocycles. The Bertz CT molecular complexity index is 1400. The molecule has 0 aliphatic rings. The fourth-order valence-corrected chi connectivity index (χ4v) is 3.04. The van der Waals surface area contributed by atoms with Crippen LogP contribution < -0.4 is 16.0 Å². The predicted octanol–water partition coefficient (Wildman–Crippen LogP) is 2.63. The highest BCUT2D eigenvalue weighted by Crippen LogP contribution is 2.40. The number of aromatic amines is 1. The summed E-state index contributed by atoms with van der Waals surface area (Å²) in [7, 11) is 0. The Balaban J connectivity index is 2.31. The molecular formula is C19H12N4O10. The van der Waals surface area contributed by atoms with E-state index in [2.05, 4.69) is 0 Å². The topological polar surface area (TPSA) is 229 Å². The van der Waals surface area contributed by atoms with Gasteiger partial charge in [-0.1, -0.05) is 18.2 Å². The van der Waals surface area contributed by atoms with Gasteiger partial charge in [0.15, 0.2) is 0 Å². The van der Waals surface area contributed by atoms with E-state index in [1.807, 2.05) is 4.98 Å². The second kappa shape index (κ2) is 8.46. The van der Waals surface area contributed by atoms with Gasteiger partial charge in [0, 0.05) is 17.2 Å². The molecule has 1 heterocycles. The number of ether oxygens (including phenoxy) is 1. The molecule has 0 aliphatic carbocycles. The summed E-state index contributed by atoms with van der Waals surface area (Å²) in [5, 5.41) is 41.5. The van der Waals surface area contributed by atoms with E-state index in [1.54, 1.807) is 0 Å². The fraction of sp³-hybridized carbons (Fsp3) is 0. The Labute approximate surface area is 181 Å². The molecule has 3 rings (SSSR count). The third kappa shape index (κ3) is 4.15. The van der Waals surface area contributed by atoms with E-state index in [-0.39, 0.29) is 11.3 Å². The Morgan fingerprint density at radius 2 is 1.58 bits per heavy atom. The number of nitrogen functional groups attached to an aromatic ring is 1. The van der Waals surface area contributed by atoms with Crippen LogP contribution in [-0.2, 0) is 0 Å². The number of carboxylic acid groups (broad SMARTS) is 2. The maximum Gasteiger partial charge on any atom is 0.342 e. The SMILES string of the molecule is Nc1[nH]c(=O)c(C(=O)O)c(-c2ccccc2Oc2ccc([N+](=O)[O-])cc2[N+](=O)[O-])c1C(=O)O. The van der Waals surface area contributed by atoms with E-state index >= 15 is 0 Å². The van der Waals surface area contributed by atoms with E-state index < -0.39 is 67.0 Å². The lowest BCUT2D eigenvalue weighted by atomic mass is 9.94. The van der Waals surface area contributed by atoms with Crippen LogP contribution in [0.2, 0.25) is 0 Å². The number of pyridine rings is 1. The van der Waals surface area contributed by atoms with Crippen LogP contribution in [0.1, 0.15) is 20.7 Å². The van der Waals surface area contributed by atoms with Crippen LogP contribution in [-0.4, -0.2) is 37.0 Å². The van der Waals surface area contributed by atoms with Gasteiger partial charge in [0.1, 0.15) is 22.7 Å². The second-order valence-corrected chi connectivity index (χ2v) is 6.37. The summed E-state index contributed by atoms with van der Waals surface area (Å²) in [6.45, 7) is 0. The number of benzene rings is 2. The lowest BCUT2D eigenvalue weighted by Gasteiger charge is -2.16. The van der Waals surface area contributed by atoms with Crippen molar-refractivity contribution in [1.29, 1.82) is 0 Å². The molecule has 1 aromatic heterocycles. The van der Waals surface area contributed by atoms with Crippen molar-refractivity contribution in [2.45, 2.75) is 0 Å². The monoisotopic (exact) mass is 456 g/mol. The predicted molar refractivity (Wildman–Crippen MR) is 111 cm³/mol. The number of aromatic nitrogens is 1. The van der Waals surface area contributed by atoms with Gasteiger partial charge in [0.2, 0.25) is 5.75 Å². The lowest BCUT2D eigenvalue weighted by Crippen LogP contribution is -2.24. The molecule has 0 radical (unpaired) electrons. The first-order valence-electron chi connectivity index (χ1n) is 8.75. The van der Waals surface area contributed by atoms with Crippen LogP contribution in [0.4, 0.5) is 17.2 Å². The number of hydrogen-bond acceptors (Lipinski definition) is 9. The number of hydrogen-bond donors (Lipinski definition) is 4. The molecule has 0 saturated carbocycles. The zero-order chi connectivity index (χ0) is 24.4. The number of carboxylic acids is 2. The summed E-state index contributed by atoms with van der Waals surface area (Å²) in [5.41, 5.74) is 0.585. The number of H-pyrrole nitrogens is 1. The Morgan fingerprint density at radius 3 is 2.15 bits per heavy atom. The number of anilines is 1. The Morgan fingerprint density at radius 1 is 0.939 bits per heavy atom. The maximum atomic E-state index is 12.3. The van der Waals surface area contributed by atoms with E-state index in [0.717, 1.165) is 12.1 Å². The van der Waals surface area contributed by atoms with E-state index in [9.17, 15) is 44.8 Å². The van der Waals surface area contributed by atoms with Gasteiger partial charge < -0.3 is 25.7 Å². The number of rotatable bonds is 7. The average molecular weight is 456 g/mol. The molecule has 14 heteroatoms. The molecule has 0 fully saturated rings. The van der Waals surface area contributed by atoms with Crippen LogP contribution >= 0.6 is 0 Å². The van der Waals surface area contributed by atoms with E-state index in [1.165, 1.54) is 24.3 Å². The number of nitrogens with one attached hydrogen (secondary N) is 1. The highest BCUT2D eigenvalue weighted by molar-refractivity contribution is 6.08. The van der Waals surface area contributed by atoms with Gasteiger partial charge in [-0.15, -0.1) is 0 Å². The fourth-order valence-electron chi connectivity index (χ4n) is 3.04. The molecule has 0 saturated heterocycles. The van der Waals surface area contributed by atoms with Crippen molar-refractivity contribution in [2.24, 2.45) is 0 Å². The molecule has 33 heavy (non-hydrogen) atoms. The summed E-state index contributed by atoms with van der Waals surface area (Å²) in [4.78, 5) is 58.4. The van der Waals surface area contributed by atoms with Crippen LogP contribution in [0.25, 0.3) is 11.1 Å². The number of non-ortho nitro benzene ring substituents is 1. The molecule has 0 atom stereocenters. The molecule has 0 spiro atoms. The molecule has 0 amide bonds. The number of nitrogens with two attached hydrogens (primary N) is 1. The quantitative estimate of drug-likeness (QED) is 0.298. The summed E-state index contributed by atoms with van der Waals surface area (Å²) in [6, 6.07) is 7.79. The number of para-hydroxylation sites is 1. The van der Waals surface area contributed by atoms with Crippen molar-refractivity contribution in [3.05, 3.63) is 84.2 Å². The molecule has 3 aromatic rings. The number of aromatic carboxylic acids is 2. The van der Waals surface area contributed by atoms with Crippen LogP contribution in [0.5, 0.6) is 11.5 Å². The maximum absolute atomic E-state index is 12.3. The summed E-state index contributed by atoms with van der Waals surface area (Å²) in [6.07, 6.45) is 0. The van der Waals surface area contributed by atoms with Crippen LogP contribution in [0.15, 0.2) is 47.3 Å². The highest BCUT2D eigenvalue weighted by atomic mass is 16.6. The third-order valence-electron chi connectivity index (χ3n) is 4.40. The van der Waals surface area contributed by atoms with Gasteiger partial charge in [-0.2, -0.15) is 0 Å². The van der Waals surface area contributed by atoms with Crippen molar-refractivity contribution >= 4 is 29.1 Å². The van der Waals surface area contributed by atoms with Gasteiger partial charge in [0.05, 0.1) is 15.9 Å². The molecule has 5 N–H and O–H groups in total. The highest BCUT2D eigenvalue weighted by Gasteiger charge is 2.29. The molecule has 168 valence electrons. The summed E-state index contributed by atoms with van der Waals surface area (Å²) in [5.74, 6) is -4.76. The van der Waals surface area contributed by atoms with Crippen LogP contribution in [0, 0.1) is 20.2 Å². The number of nitro benzene ring substituents is 2. The van der Waals surface area contributed by atoms with Gasteiger partial charge in [-0.3, -0.25) is 25.0 Å². The summed E-state index contributed by atoms with van der Waals surface area (Å²) < 4.78 is 5.54. The van der Waals surface area contributed by atoms with Gasteiger partial charge in [-0.05, 0) is 12.1 Å². The number of carbonyl (C=O) groups is 2. The van der Waals surface area contributed by atoms with Crippen LogP contribution in [0.3, 0.4) is 0 Å². The van der Waals surface area contributed by atoms with Crippen molar-refractivity contribution in [1.82, 2.24) is 4.98 Å². The van der Waals surface area contributed by atoms with Gasteiger partial charge in [0.25, 0.3) is 11.2 Å². The van der Waals surface area contributed by atoms with E-state index in [0.29, 0.717) is 6.07 Å². The Kier molecular flexibility index (Phi) is 5.75. The number of nitro groups is 2. The van der Waals surface area contributed by atoms with Crippen molar-refractivity contribution in [2.75, 3.05) is 5.73 Å². The standard InChI is InChI=1S/C19H12N4O10/c20-16-14(18(25)26)13(15(19(27)28)17(24)21-16)9-3-1-2-4-11(9)33-12-6-5-8(22(29)30)7-10(12)23(31)32/h1-7H,(H,25,26)(H,27,28)(H3,20,21,24). The normalized spacial score (nSPS) is 10.4. The average Bonchev–Trinajstić information content (AvgIpc) is 2.72. The molecule has 14 nitrogen and oxygen atoms in total. The first-order chi connectivity index (χ1) is 15.5. The van der Waals surface area contributed by atoms with Crippen molar-refractivity contribution in [3.8, 4) is 22.6 Å². The zero-order valence-corrected chi connectivity index (χ0v) is 16.2.